The molecule has 1 aromatic heterocycles. The molecule has 2 N–H and O–H groups in total. The maximum absolute atomic E-state index is 12.3. The van der Waals surface area contributed by atoms with Crippen molar-refractivity contribution in [3.05, 3.63) is 47.8 Å². The second kappa shape index (κ2) is 9.10. The van der Waals surface area contributed by atoms with E-state index >= 15 is 0 Å². The largest absolute Gasteiger partial charge is 0.441 e. The Hall–Kier alpha value is -3.22. The van der Waals surface area contributed by atoms with Crippen molar-refractivity contribution in [3.8, 4) is 6.07 Å². The van der Waals surface area contributed by atoms with Crippen LogP contribution in [-0.4, -0.2) is 53.6 Å². The third-order valence-corrected chi connectivity index (χ3v) is 6.27. The predicted octanol–water partition coefficient (Wildman–Crippen LogP) is 3.20. The topological polar surface area (TPSA) is 118 Å². The molecule has 1 saturated carbocycles. The Morgan fingerprint density at radius 2 is 2.00 bits per heavy atom. The maximum atomic E-state index is 12.3. The zero-order valence-corrected chi connectivity index (χ0v) is 17.6. The molecule has 0 bridgehead atoms. The van der Waals surface area contributed by atoms with Gasteiger partial charge in [-0.1, -0.05) is 18.9 Å². The highest BCUT2D eigenvalue weighted by molar-refractivity contribution is 5.85. The van der Waals surface area contributed by atoms with Gasteiger partial charge in [0.15, 0.2) is 6.10 Å². The van der Waals surface area contributed by atoms with Gasteiger partial charge in [0.1, 0.15) is 12.2 Å². The van der Waals surface area contributed by atoms with E-state index in [4.69, 9.17) is 24.5 Å². The smallest absolute Gasteiger partial charge is 0.412 e. The first-order valence-electron chi connectivity index (χ1n) is 11.0. The van der Waals surface area contributed by atoms with Crippen LogP contribution in [0, 0.1) is 11.3 Å². The predicted molar refractivity (Wildman–Crippen MR) is 115 cm³/mol. The van der Waals surface area contributed by atoms with Gasteiger partial charge in [0.05, 0.1) is 30.9 Å². The van der Waals surface area contributed by atoms with Gasteiger partial charge in [0.2, 0.25) is 5.95 Å². The third kappa shape index (κ3) is 4.38. The molecule has 5 rings (SSSR count). The summed E-state index contributed by atoms with van der Waals surface area (Å²) in [5.74, 6) is 1.09. The molecule has 4 atom stereocenters. The monoisotopic (exact) mass is 435 g/mol. The Balaban J connectivity index is 1.17. The fraction of sp³-hybridized carbons (Fsp3) is 0.478. The first-order valence-corrected chi connectivity index (χ1v) is 11.0. The van der Waals surface area contributed by atoms with Crippen molar-refractivity contribution in [1.29, 1.82) is 5.26 Å². The highest BCUT2D eigenvalue weighted by atomic mass is 16.6. The van der Waals surface area contributed by atoms with Crippen LogP contribution in [0.2, 0.25) is 0 Å². The van der Waals surface area contributed by atoms with Gasteiger partial charge in [0, 0.05) is 23.5 Å². The van der Waals surface area contributed by atoms with Gasteiger partial charge in [-0.25, -0.2) is 14.8 Å². The summed E-state index contributed by atoms with van der Waals surface area (Å²) in [5.41, 5.74) is 2.04. The molecular weight excluding hydrogens is 410 g/mol. The van der Waals surface area contributed by atoms with Crippen molar-refractivity contribution < 1.29 is 19.0 Å². The van der Waals surface area contributed by atoms with Crippen LogP contribution in [-0.2, 0) is 14.2 Å². The molecule has 9 nitrogen and oxygen atoms in total. The van der Waals surface area contributed by atoms with Gasteiger partial charge in [-0.3, -0.25) is 5.32 Å². The second-order valence-electron chi connectivity index (χ2n) is 8.39. The third-order valence-electron chi connectivity index (χ3n) is 6.27. The summed E-state index contributed by atoms with van der Waals surface area (Å²) in [5, 5.41) is 15.0. The number of aromatic nitrogens is 2. The van der Waals surface area contributed by atoms with Gasteiger partial charge in [-0.15, -0.1) is 0 Å². The van der Waals surface area contributed by atoms with Gasteiger partial charge in [-0.2, -0.15) is 5.26 Å². The number of hydrogen-bond donors (Lipinski definition) is 2. The molecule has 3 heterocycles. The van der Waals surface area contributed by atoms with E-state index < -0.39 is 12.2 Å². The Kier molecular flexibility index (Phi) is 5.88. The Morgan fingerprint density at radius 1 is 1.16 bits per heavy atom. The number of rotatable bonds is 5. The lowest BCUT2D eigenvalue weighted by Gasteiger charge is -2.18. The summed E-state index contributed by atoms with van der Waals surface area (Å²) >= 11 is 0. The molecule has 2 saturated heterocycles. The zero-order chi connectivity index (χ0) is 21.9. The number of carbonyl (C=O) groups is 1. The van der Waals surface area contributed by atoms with Crippen molar-refractivity contribution in [1.82, 2.24) is 9.97 Å². The van der Waals surface area contributed by atoms with Crippen LogP contribution >= 0.6 is 0 Å². The molecule has 3 aliphatic rings. The molecule has 3 fully saturated rings. The Morgan fingerprint density at radius 3 is 2.84 bits per heavy atom. The molecule has 2 aliphatic heterocycles. The maximum Gasteiger partial charge on any atom is 0.412 e. The molecular formula is C23H25N5O4. The minimum absolute atomic E-state index is 0.122. The van der Waals surface area contributed by atoms with Crippen molar-refractivity contribution >= 4 is 17.7 Å². The SMILES string of the molecule is N#Cc1cccc(NC(=O)OC2COC3C(Nc4nccc(C5CCCC5)n4)COC23)c1. The van der Waals surface area contributed by atoms with Crippen LogP contribution in [0.25, 0.3) is 0 Å². The lowest BCUT2D eigenvalue weighted by Crippen LogP contribution is -2.38. The van der Waals surface area contributed by atoms with E-state index in [0.717, 1.165) is 5.69 Å². The number of hydrogen-bond acceptors (Lipinski definition) is 8. The second-order valence-corrected chi connectivity index (χ2v) is 8.39. The molecule has 4 unspecified atom stereocenters. The summed E-state index contributed by atoms with van der Waals surface area (Å²) < 4.78 is 17.3. The standard InChI is InChI=1S/C23H25N5O4/c24-11-14-4-3-7-16(10-14)26-23(29)32-19-13-31-20-18(12-30-21(19)20)28-22-25-9-8-17(27-22)15-5-1-2-6-15/h3-4,7-10,15,18-21H,1-2,5-6,12-13H2,(H,26,29)(H,25,27,28). The summed E-state index contributed by atoms with van der Waals surface area (Å²) in [6.45, 7) is 0.667. The number of benzene rings is 1. The van der Waals surface area contributed by atoms with Crippen LogP contribution in [0.4, 0.5) is 16.4 Å². The molecule has 2 aromatic rings. The lowest BCUT2D eigenvalue weighted by molar-refractivity contribution is 0.00917. The fourth-order valence-electron chi connectivity index (χ4n) is 4.70. The highest BCUT2D eigenvalue weighted by Gasteiger charge is 2.49. The van der Waals surface area contributed by atoms with Crippen LogP contribution in [0.5, 0.6) is 0 Å². The number of carbonyl (C=O) groups excluding carboxylic acids is 1. The minimum atomic E-state index is -0.609. The fourth-order valence-corrected chi connectivity index (χ4v) is 4.70. The summed E-state index contributed by atoms with van der Waals surface area (Å²) in [6, 6.07) is 10.6. The van der Waals surface area contributed by atoms with Crippen LogP contribution in [0.3, 0.4) is 0 Å². The first kappa shape index (κ1) is 20.7. The van der Waals surface area contributed by atoms with Crippen molar-refractivity contribution in [2.45, 2.75) is 56.0 Å². The van der Waals surface area contributed by atoms with Crippen molar-refractivity contribution in [2.75, 3.05) is 23.8 Å². The van der Waals surface area contributed by atoms with E-state index in [0.29, 0.717) is 29.7 Å². The molecule has 32 heavy (non-hydrogen) atoms. The summed E-state index contributed by atoms with van der Waals surface area (Å²) in [4.78, 5) is 21.4. The Labute approximate surface area is 186 Å². The number of amides is 1. The lowest BCUT2D eigenvalue weighted by atomic mass is 10.0. The molecule has 0 spiro atoms. The normalized spacial score (nSPS) is 27.0. The van der Waals surface area contributed by atoms with Crippen LogP contribution in [0.15, 0.2) is 36.5 Å². The molecule has 9 heteroatoms. The van der Waals surface area contributed by atoms with Gasteiger partial charge in [0.25, 0.3) is 0 Å². The van der Waals surface area contributed by atoms with E-state index in [2.05, 4.69) is 15.6 Å². The van der Waals surface area contributed by atoms with Crippen molar-refractivity contribution in [2.24, 2.45) is 0 Å². The number of fused-ring (bicyclic) bond motifs is 1. The quantitative estimate of drug-likeness (QED) is 0.735. The number of nitrogens with one attached hydrogen (secondary N) is 2. The number of nitrogens with zero attached hydrogens (tertiary/aromatic N) is 3. The van der Waals surface area contributed by atoms with Gasteiger partial charge >= 0.3 is 6.09 Å². The molecule has 166 valence electrons. The molecule has 0 radical (unpaired) electrons. The van der Waals surface area contributed by atoms with Crippen molar-refractivity contribution in [3.63, 3.8) is 0 Å². The highest BCUT2D eigenvalue weighted by Crippen LogP contribution is 2.34. The number of anilines is 2. The summed E-state index contributed by atoms with van der Waals surface area (Å²) in [7, 11) is 0. The van der Waals surface area contributed by atoms with E-state index in [1.54, 1.807) is 30.5 Å². The van der Waals surface area contributed by atoms with E-state index in [9.17, 15) is 4.79 Å². The van der Waals surface area contributed by atoms with Crippen LogP contribution < -0.4 is 10.6 Å². The number of nitriles is 1. The first-order chi connectivity index (χ1) is 15.7. The van der Waals surface area contributed by atoms with Gasteiger partial charge in [-0.05, 0) is 37.1 Å². The van der Waals surface area contributed by atoms with E-state index in [-0.39, 0.29) is 24.9 Å². The average molecular weight is 435 g/mol. The zero-order valence-electron chi connectivity index (χ0n) is 17.6. The summed E-state index contributed by atoms with van der Waals surface area (Å²) in [6.07, 6.45) is 4.92. The minimum Gasteiger partial charge on any atom is -0.441 e. The average Bonchev–Trinajstić information content (AvgIpc) is 3.55. The van der Waals surface area contributed by atoms with Gasteiger partial charge < -0.3 is 19.5 Å². The molecule has 1 amide bonds. The van der Waals surface area contributed by atoms with E-state index in [1.807, 2.05) is 12.1 Å². The Bertz CT molecular complexity index is 1020. The number of ether oxygens (including phenoxy) is 3. The van der Waals surface area contributed by atoms with Crippen LogP contribution in [0.1, 0.15) is 42.9 Å². The molecule has 1 aliphatic carbocycles. The molecule has 1 aromatic carbocycles. The van der Waals surface area contributed by atoms with E-state index in [1.165, 1.54) is 25.7 Å².